The Morgan fingerprint density at radius 3 is 2.31 bits per heavy atom. The molecule has 0 amide bonds. The van der Waals surface area contributed by atoms with Crippen LogP contribution in [0, 0.1) is 0 Å². The van der Waals surface area contributed by atoms with Crippen molar-refractivity contribution in [3.05, 3.63) is 35.9 Å². The van der Waals surface area contributed by atoms with Gasteiger partial charge in [0.15, 0.2) is 0 Å². The van der Waals surface area contributed by atoms with E-state index in [1.54, 1.807) is 30.3 Å². The van der Waals surface area contributed by atoms with Crippen molar-refractivity contribution in [1.82, 2.24) is 4.53 Å². The predicted octanol–water partition coefficient (Wildman–Crippen LogP) is 0.577. The van der Waals surface area contributed by atoms with E-state index in [9.17, 15) is 12.9 Å². The van der Waals surface area contributed by atoms with Crippen molar-refractivity contribution in [2.24, 2.45) is 5.14 Å². The molecule has 13 heavy (non-hydrogen) atoms. The van der Waals surface area contributed by atoms with Gasteiger partial charge in [0.2, 0.25) is 0 Å². The predicted molar refractivity (Wildman–Crippen MR) is 46.2 cm³/mol. The van der Waals surface area contributed by atoms with Crippen LogP contribution in [0.4, 0.5) is 4.48 Å². The summed E-state index contributed by atoms with van der Waals surface area (Å²) in [5.74, 6) is 0. The topological polar surface area (TPSA) is 63.4 Å². The fourth-order valence-corrected chi connectivity index (χ4v) is 1.15. The molecule has 2 N–H and O–H groups in total. The Morgan fingerprint density at radius 2 is 1.85 bits per heavy atom. The van der Waals surface area contributed by atoms with Gasteiger partial charge in [-0.1, -0.05) is 30.3 Å². The van der Waals surface area contributed by atoms with Gasteiger partial charge in [-0.25, -0.2) is 5.14 Å². The van der Waals surface area contributed by atoms with Crippen molar-refractivity contribution in [2.75, 3.05) is 0 Å². The molecule has 0 aliphatic carbocycles. The van der Waals surface area contributed by atoms with Gasteiger partial charge in [0, 0.05) is 0 Å². The average Bonchev–Trinajstić information content (AvgIpc) is 2.04. The van der Waals surface area contributed by atoms with Crippen molar-refractivity contribution in [3.8, 4) is 0 Å². The standard InChI is InChI=1S/C7H9FN2O2S/c8-10(13(9,11)12)6-7-4-2-1-3-5-7/h1-5H,6H2,(H2,9,11,12). The summed E-state index contributed by atoms with van der Waals surface area (Å²) in [4.78, 5) is 0. The third-order valence-electron chi connectivity index (χ3n) is 1.43. The molecule has 4 nitrogen and oxygen atoms in total. The van der Waals surface area contributed by atoms with Gasteiger partial charge in [0.05, 0.1) is 6.54 Å². The maximum atomic E-state index is 12.7. The molecule has 0 radical (unpaired) electrons. The molecule has 0 saturated carbocycles. The molecule has 0 saturated heterocycles. The van der Waals surface area contributed by atoms with Crippen molar-refractivity contribution < 1.29 is 12.9 Å². The van der Waals surface area contributed by atoms with Crippen LogP contribution >= 0.6 is 0 Å². The molecule has 0 aliphatic heterocycles. The Bertz CT molecular complexity index is 365. The second-order valence-corrected chi connectivity index (χ2v) is 3.90. The van der Waals surface area contributed by atoms with Gasteiger partial charge in [-0.05, 0) is 10.1 Å². The number of hydrogen-bond acceptors (Lipinski definition) is 2. The third-order valence-corrected chi connectivity index (χ3v) is 2.11. The van der Waals surface area contributed by atoms with Crippen LogP contribution in [0.25, 0.3) is 0 Å². The van der Waals surface area contributed by atoms with E-state index in [2.05, 4.69) is 5.14 Å². The molecule has 0 heterocycles. The maximum absolute atomic E-state index is 12.7. The molecule has 0 aliphatic rings. The number of halogens is 1. The summed E-state index contributed by atoms with van der Waals surface area (Å²) < 4.78 is 33.2. The van der Waals surface area contributed by atoms with Crippen molar-refractivity contribution >= 4 is 10.2 Å². The highest BCUT2D eigenvalue weighted by Crippen LogP contribution is 2.06. The zero-order chi connectivity index (χ0) is 9.90. The van der Waals surface area contributed by atoms with E-state index in [1.807, 2.05) is 0 Å². The summed E-state index contributed by atoms with van der Waals surface area (Å²) in [5.41, 5.74) is 0.541. The fraction of sp³-hybridized carbons (Fsp3) is 0.143. The third kappa shape index (κ3) is 3.10. The fourth-order valence-electron chi connectivity index (χ4n) is 0.817. The highest BCUT2D eigenvalue weighted by molar-refractivity contribution is 7.86. The number of benzene rings is 1. The van der Waals surface area contributed by atoms with Crippen LogP contribution < -0.4 is 5.14 Å². The number of nitrogens with two attached hydrogens (primary N) is 1. The first-order valence-corrected chi connectivity index (χ1v) is 5.00. The average molecular weight is 204 g/mol. The van der Waals surface area contributed by atoms with Gasteiger partial charge in [-0.15, -0.1) is 4.48 Å². The Balaban J connectivity index is 2.72. The number of rotatable bonds is 3. The molecule has 0 spiro atoms. The van der Waals surface area contributed by atoms with Crippen LogP contribution in [0.15, 0.2) is 30.3 Å². The second kappa shape index (κ2) is 3.82. The molecule has 0 fully saturated rings. The first-order valence-electron chi connectivity index (χ1n) is 3.50. The molecular weight excluding hydrogens is 195 g/mol. The minimum absolute atomic E-state index is 0.361. The Kier molecular flexibility index (Phi) is 2.97. The Morgan fingerprint density at radius 1 is 1.31 bits per heavy atom. The lowest BCUT2D eigenvalue weighted by Gasteiger charge is -2.07. The van der Waals surface area contributed by atoms with Crippen LogP contribution in [0.5, 0.6) is 0 Å². The normalized spacial score (nSPS) is 11.9. The Labute approximate surface area is 75.9 Å². The molecule has 72 valence electrons. The Hall–Kier alpha value is -0.980. The summed E-state index contributed by atoms with van der Waals surface area (Å²) in [5, 5.41) is 4.55. The summed E-state index contributed by atoms with van der Waals surface area (Å²) >= 11 is 0. The van der Waals surface area contributed by atoms with Crippen LogP contribution in [0.1, 0.15) is 5.56 Å². The summed E-state index contributed by atoms with van der Waals surface area (Å²) in [6.07, 6.45) is 0. The molecule has 0 aromatic heterocycles. The van der Waals surface area contributed by atoms with Crippen LogP contribution in [0.3, 0.4) is 0 Å². The first-order chi connectivity index (χ1) is 6.00. The maximum Gasteiger partial charge on any atom is 0.303 e. The smallest absolute Gasteiger partial charge is 0.214 e. The molecule has 6 heteroatoms. The van der Waals surface area contributed by atoms with E-state index >= 15 is 0 Å². The minimum Gasteiger partial charge on any atom is -0.214 e. The van der Waals surface area contributed by atoms with Gasteiger partial charge >= 0.3 is 10.2 Å². The van der Waals surface area contributed by atoms with Gasteiger partial charge in [0.1, 0.15) is 0 Å². The first kappa shape index (κ1) is 10.1. The van der Waals surface area contributed by atoms with Crippen LogP contribution in [0.2, 0.25) is 0 Å². The summed E-state index contributed by atoms with van der Waals surface area (Å²) in [7, 11) is -4.23. The summed E-state index contributed by atoms with van der Waals surface area (Å²) in [6, 6.07) is 8.34. The molecule has 1 rings (SSSR count). The van der Waals surface area contributed by atoms with Crippen molar-refractivity contribution in [2.45, 2.75) is 6.54 Å². The molecular formula is C7H9FN2O2S. The van der Waals surface area contributed by atoms with Gasteiger partial charge in [-0.3, -0.25) is 0 Å². The lowest BCUT2D eigenvalue weighted by molar-refractivity contribution is 0.130. The van der Waals surface area contributed by atoms with E-state index in [-0.39, 0.29) is 6.54 Å². The zero-order valence-electron chi connectivity index (χ0n) is 6.72. The molecule has 0 atom stereocenters. The quantitative estimate of drug-likeness (QED) is 0.732. The van der Waals surface area contributed by atoms with E-state index in [4.69, 9.17) is 0 Å². The van der Waals surface area contributed by atoms with Crippen molar-refractivity contribution in [3.63, 3.8) is 0 Å². The molecule has 0 unspecified atom stereocenters. The SMILES string of the molecule is NS(=O)(=O)N(F)Cc1ccccc1. The number of hydrogen-bond donors (Lipinski definition) is 1. The second-order valence-electron chi connectivity index (χ2n) is 2.48. The van der Waals surface area contributed by atoms with E-state index in [0.29, 0.717) is 5.56 Å². The highest BCUT2D eigenvalue weighted by Gasteiger charge is 2.15. The largest absolute Gasteiger partial charge is 0.303 e. The minimum atomic E-state index is -4.23. The lowest BCUT2D eigenvalue weighted by atomic mass is 10.2. The monoisotopic (exact) mass is 204 g/mol. The van der Waals surface area contributed by atoms with Crippen LogP contribution in [-0.2, 0) is 16.8 Å². The zero-order valence-corrected chi connectivity index (χ0v) is 7.54. The molecule has 0 bridgehead atoms. The van der Waals surface area contributed by atoms with Gasteiger partial charge in [0.25, 0.3) is 0 Å². The van der Waals surface area contributed by atoms with Crippen LogP contribution in [-0.4, -0.2) is 12.9 Å². The molecule has 1 aromatic carbocycles. The highest BCUT2D eigenvalue weighted by atomic mass is 32.2. The number of nitrogens with zero attached hydrogens (tertiary/aromatic N) is 1. The van der Waals surface area contributed by atoms with Crippen molar-refractivity contribution in [1.29, 1.82) is 0 Å². The van der Waals surface area contributed by atoms with E-state index in [1.165, 1.54) is 0 Å². The lowest BCUT2D eigenvalue weighted by Crippen LogP contribution is -2.29. The van der Waals surface area contributed by atoms with Gasteiger partial charge in [-0.2, -0.15) is 8.42 Å². The van der Waals surface area contributed by atoms with Gasteiger partial charge < -0.3 is 0 Å². The van der Waals surface area contributed by atoms with E-state index in [0.717, 1.165) is 0 Å². The summed E-state index contributed by atoms with van der Waals surface area (Å²) in [6.45, 7) is -0.361. The molecule has 1 aromatic rings. The van der Waals surface area contributed by atoms with E-state index < -0.39 is 14.7 Å².